The molecule has 1 aliphatic rings. The molecule has 1 aromatic heterocycles. The SMILES string of the molecule is Cn1c(CC(=O)C2(C)CCCC2)nc2ccccc21. The van der Waals surface area contributed by atoms with Crippen LogP contribution in [0.2, 0.25) is 0 Å². The summed E-state index contributed by atoms with van der Waals surface area (Å²) < 4.78 is 2.05. The van der Waals surface area contributed by atoms with E-state index < -0.39 is 0 Å². The number of hydrogen-bond donors (Lipinski definition) is 0. The van der Waals surface area contributed by atoms with Crippen molar-refractivity contribution in [2.45, 2.75) is 39.0 Å². The third-order valence-corrected chi connectivity index (χ3v) is 4.58. The molecule has 3 nitrogen and oxygen atoms in total. The average Bonchev–Trinajstić information content (AvgIpc) is 2.97. The van der Waals surface area contributed by atoms with E-state index in [2.05, 4.69) is 11.9 Å². The number of para-hydroxylation sites is 2. The summed E-state index contributed by atoms with van der Waals surface area (Å²) in [6.07, 6.45) is 4.91. The maximum absolute atomic E-state index is 12.5. The number of aromatic nitrogens is 2. The third kappa shape index (κ3) is 2.07. The summed E-state index contributed by atoms with van der Waals surface area (Å²) in [4.78, 5) is 17.1. The summed E-state index contributed by atoms with van der Waals surface area (Å²) in [6.45, 7) is 2.12. The van der Waals surface area contributed by atoms with E-state index in [1.54, 1.807) is 0 Å². The Kier molecular flexibility index (Phi) is 2.92. The number of nitrogens with zero attached hydrogens (tertiary/aromatic N) is 2. The summed E-state index contributed by atoms with van der Waals surface area (Å²) in [5, 5.41) is 0. The molecule has 1 fully saturated rings. The van der Waals surface area contributed by atoms with Crippen molar-refractivity contribution in [3.63, 3.8) is 0 Å². The number of imidazole rings is 1. The number of ketones is 1. The van der Waals surface area contributed by atoms with Crippen LogP contribution in [0.5, 0.6) is 0 Å². The second kappa shape index (κ2) is 4.48. The lowest BCUT2D eigenvalue weighted by Crippen LogP contribution is -2.27. The van der Waals surface area contributed by atoms with Crippen molar-refractivity contribution in [1.29, 1.82) is 0 Å². The number of benzene rings is 1. The Morgan fingerprint density at radius 1 is 1.32 bits per heavy atom. The van der Waals surface area contributed by atoms with Crippen molar-refractivity contribution >= 4 is 16.8 Å². The van der Waals surface area contributed by atoms with E-state index in [9.17, 15) is 4.79 Å². The maximum atomic E-state index is 12.5. The van der Waals surface area contributed by atoms with Crippen molar-refractivity contribution in [3.05, 3.63) is 30.1 Å². The van der Waals surface area contributed by atoms with Crippen LogP contribution in [0.4, 0.5) is 0 Å². The zero-order chi connectivity index (χ0) is 13.5. The number of rotatable bonds is 3. The topological polar surface area (TPSA) is 34.9 Å². The van der Waals surface area contributed by atoms with Crippen LogP contribution in [0.1, 0.15) is 38.4 Å². The van der Waals surface area contributed by atoms with Crippen LogP contribution in [0, 0.1) is 5.41 Å². The van der Waals surface area contributed by atoms with Gasteiger partial charge in [0.05, 0.1) is 17.5 Å². The molecule has 1 saturated carbocycles. The Morgan fingerprint density at radius 3 is 2.68 bits per heavy atom. The van der Waals surface area contributed by atoms with E-state index in [1.807, 2.05) is 35.9 Å². The van der Waals surface area contributed by atoms with Crippen LogP contribution in [0.25, 0.3) is 11.0 Å². The number of fused-ring (bicyclic) bond motifs is 1. The normalized spacial score (nSPS) is 18.0. The monoisotopic (exact) mass is 256 g/mol. The zero-order valence-corrected chi connectivity index (χ0v) is 11.6. The number of hydrogen-bond acceptors (Lipinski definition) is 2. The minimum Gasteiger partial charge on any atom is -0.331 e. The molecular formula is C16H20N2O. The van der Waals surface area contributed by atoms with Crippen LogP contribution in [-0.4, -0.2) is 15.3 Å². The van der Waals surface area contributed by atoms with Crippen molar-refractivity contribution < 1.29 is 4.79 Å². The molecule has 0 N–H and O–H groups in total. The number of carbonyl (C=O) groups excluding carboxylic acids is 1. The predicted octanol–water partition coefficient (Wildman–Crippen LogP) is 3.27. The van der Waals surface area contributed by atoms with E-state index in [0.29, 0.717) is 12.2 Å². The van der Waals surface area contributed by atoms with Gasteiger partial charge in [0.25, 0.3) is 0 Å². The molecule has 0 radical (unpaired) electrons. The molecule has 19 heavy (non-hydrogen) atoms. The molecule has 1 heterocycles. The fraction of sp³-hybridized carbons (Fsp3) is 0.500. The first-order valence-corrected chi connectivity index (χ1v) is 7.04. The van der Waals surface area contributed by atoms with E-state index in [0.717, 1.165) is 29.7 Å². The number of carbonyl (C=O) groups is 1. The van der Waals surface area contributed by atoms with Gasteiger partial charge in [-0.1, -0.05) is 31.9 Å². The third-order valence-electron chi connectivity index (χ3n) is 4.58. The molecule has 0 unspecified atom stereocenters. The Hall–Kier alpha value is -1.64. The first-order chi connectivity index (χ1) is 9.10. The summed E-state index contributed by atoms with van der Waals surface area (Å²) in [5.74, 6) is 1.24. The highest BCUT2D eigenvalue weighted by Gasteiger charge is 2.36. The Bertz CT molecular complexity index is 621. The molecular weight excluding hydrogens is 236 g/mol. The Labute approximate surface area is 113 Å². The molecule has 1 aliphatic carbocycles. The second-order valence-corrected chi connectivity index (χ2v) is 5.94. The van der Waals surface area contributed by atoms with Gasteiger partial charge in [-0.15, -0.1) is 0 Å². The molecule has 0 saturated heterocycles. The van der Waals surface area contributed by atoms with Crippen molar-refractivity contribution in [2.24, 2.45) is 12.5 Å². The van der Waals surface area contributed by atoms with E-state index >= 15 is 0 Å². The minimum atomic E-state index is -0.113. The van der Waals surface area contributed by atoms with Gasteiger partial charge >= 0.3 is 0 Å². The van der Waals surface area contributed by atoms with Gasteiger partial charge < -0.3 is 4.57 Å². The van der Waals surface area contributed by atoms with Gasteiger partial charge in [0, 0.05) is 12.5 Å². The molecule has 1 aromatic carbocycles. The van der Waals surface area contributed by atoms with Gasteiger partial charge in [-0.05, 0) is 25.0 Å². The lowest BCUT2D eigenvalue weighted by molar-refractivity contribution is -0.127. The fourth-order valence-corrected chi connectivity index (χ4v) is 3.14. The largest absolute Gasteiger partial charge is 0.331 e. The molecule has 0 amide bonds. The van der Waals surface area contributed by atoms with Crippen molar-refractivity contribution in [3.8, 4) is 0 Å². The molecule has 0 bridgehead atoms. The fourth-order valence-electron chi connectivity index (χ4n) is 3.14. The predicted molar refractivity (Wildman–Crippen MR) is 76.0 cm³/mol. The highest BCUT2D eigenvalue weighted by molar-refractivity contribution is 5.87. The van der Waals surface area contributed by atoms with Gasteiger partial charge in [0.15, 0.2) is 0 Å². The van der Waals surface area contributed by atoms with Gasteiger partial charge in [-0.3, -0.25) is 4.79 Å². The summed E-state index contributed by atoms with van der Waals surface area (Å²) in [7, 11) is 1.99. The molecule has 3 heteroatoms. The standard InChI is InChI=1S/C16H20N2O/c1-16(9-5-6-10-16)14(19)11-15-17-12-7-3-4-8-13(12)18(15)2/h3-4,7-8H,5-6,9-11H2,1-2H3. The smallest absolute Gasteiger partial charge is 0.146 e. The first kappa shape index (κ1) is 12.4. The molecule has 0 aliphatic heterocycles. The van der Waals surface area contributed by atoms with Crippen molar-refractivity contribution in [1.82, 2.24) is 9.55 Å². The van der Waals surface area contributed by atoms with E-state index in [4.69, 9.17) is 0 Å². The van der Waals surface area contributed by atoms with Crippen LogP contribution >= 0.6 is 0 Å². The maximum Gasteiger partial charge on any atom is 0.146 e. The highest BCUT2D eigenvalue weighted by atomic mass is 16.1. The number of Topliss-reactive ketones (excluding diaryl/α,β-unsaturated/α-hetero) is 1. The highest BCUT2D eigenvalue weighted by Crippen LogP contribution is 2.39. The minimum absolute atomic E-state index is 0.113. The molecule has 0 atom stereocenters. The van der Waals surface area contributed by atoms with Crippen molar-refractivity contribution in [2.75, 3.05) is 0 Å². The Morgan fingerprint density at radius 2 is 2.00 bits per heavy atom. The molecule has 3 rings (SSSR count). The average molecular weight is 256 g/mol. The van der Waals surface area contributed by atoms with Crippen LogP contribution in [-0.2, 0) is 18.3 Å². The zero-order valence-electron chi connectivity index (χ0n) is 11.6. The van der Waals surface area contributed by atoms with E-state index in [1.165, 1.54) is 12.8 Å². The summed E-state index contributed by atoms with van der Waals surface area (Å²) in [5.41, 5.74) is 1.96. The van der Waals surface area contributed by atoms with E-state index in [-0.39, 0.29) is 5.41 Å². The van der Waals surface area contributed by atoms with Gasteiger partial charge in [-0.25, -0.2) is 4.98 Å². The van der Waals surface area contributed by atoms with Gasteiger partial charge in [0.1, 0.15) is 11.6 Å². The summed E-state index contributed by atoms with van der Waals surface area (Å²) in [6, 6.07) is 8.04. The molecule has 100 valence electrons. The second-order valence-electron chi connectivity index (χ2n) is 5.94. The summed E-state index contributed by atoms with van der Waals surface area (Å²) >= 11 is 0. The van der Waals surface area contributed by atoms with Crippen LogP contribution in [0.3, 0.4) is 0 Å². The molecule has 2 aromatic rings. The first-order valence-electron chi connectivity index (χ1n) is 7.04. The van der Waals surface area contributed by atoms with Crippen LogP contribution < -0.4 is 0 Å². The lowest BCUT2D eigenvalue weighted by atomic mass is 9.82. The quantitative estimate of drug-likeness (QED) is 0.844. The lowest BCUT2D eigenvalue weighted by Gasteiger charge is -2.21. The van der Waals surface area contributed by atoms with Gasteiger partial charge in [0.2, 0.25) is 0 Å². The van der Waals surface area contributed by atoms with Gasteiger partial charge in [-0.2, -0.15) is 0 Å². The Balaban J connectivity index is 1.89. The number of aryl methyl sites for hydroxylation is 1. The van der Waals surface area contributed by atoms with Crippen LogP contribution in [0.15, 0.2) is 24.3 Å². The molecule has 0 spiro atoms.